The summed E-state index contributed by atoms with van der Waals surface area (Å²) in [6.07, 6.45) is 0. The highest BCUT2D eigenvalue weighted by molar-refractivity contribution is 5.95. The minimum Gasteiger partial charge on any atom is -0.507 e. The van der Waals surface area contributed by atoms with Gasteiger partial charge in [-0.2, -0.15) is 0 Å². The molecule has 72 valence electrons. The van der Waals surface area contributed by atoms with Crippen molar-refractivity contribution in [1.29, 1.82) is 0 Å². The number of benzene rings is 2. The van der Waals surface area contributed by atoms with Gasteiger partial charge >= 0.3 is 0 Å². The molecule has 2 aromatic carbocycles. The highest BCUT2D eigenvalue weighted by Gasteiger charge is 2.06. The van der Waals surface area contributed by atoms with Crippen LogP contribution in [0.25, 0.3) is 10.8 Å². The van der Waals surface area contributed by atoms with Crippen molar-refractivity contribution in [3.05, 3.63) is 35.9 Å². The minimum atomic E-state index is 0.305. The Morgan fingerprint density at radius 1 is 1.14 bits per heavy atom. The van der Waals surface area contributed by atoms with Gasteiger partial charge in [0.2, 0.25) is 0 Å². The third-order valence-electron chi connectivity index (χ3n) is 2.41. The number of ether oxygens (including phenoxy) is 1. The Balaban J connectivity index is 2.91. The lowest BCUT2D eigenvalue weighted by atomic mass is 10.0. The molecule has 0 saturated carbocycles. The number of aromatic hydroxyl groups is 1. The Hall–Kier alpha value is -1.70. The second kappa shape index (κ2) is 3.22. The molecule has 2 rings (SSSR count). The van der Waals surface area contributed by atoms with E-state index in [4.69, 9.17) is 4.74 Å². The van der Waals surface area contributed by atoms with Gasteiger partial charge in [-0.15, -0.1) is 0 Å². The summed E-state index contributed by atoms with van der Waals surface area (Å²) in [4.78, 5) is 0. The monoisotopic (exact) mass is 188 g/mol. The van der Waals surface area contributed by atoms with Crippen molar-refractivity contribution in [3.8, 4) is 11.5 Å². The molecule has 2 aromatic rings. The summed E-state index contributed by atoms with van der Waals surface area (Å²) in [6.45, 7) is 1.97. The Labute approximate surface area is 82.8 Å². The molecule has 0 aromatic heterocycles. The van der Waals surface area contributed by atoms with E-state index in [1.807, 2.05) is 25.1 Å². The predicted molar refractivity (Wildman–Crippen MR) is 56.9 cm³/mol. The summed E-state index contributed by atoms with van der Waals surface area (Å²) < 4.78 is 5.23. The molecule has 0 aliphatic rings. The Morgan fingerprint density at radius 2 is 1.93 bits per heavy atom. The predicted octanol–water partition coefficient (Wildman–Crippen LogP) is 2.86. The van der Waals surface area contributed by atoms with Gasteiger partial charge in [-0.1, -0.05) is 18.2 Å². The van der Waals surface area contributed by atoms with Gasteiger partial charge < -0.3 is 9.84 Å². The summed E-state index contributed by atoms with van der Waals surface area (Å²) in [5.41, 5.74) is 1.05. The first-order chi connectivity index (χ1) is 6.74. The van der Waals surface area contributed by atoms with E-state index in [0.29, 0.717) is 5.75 Å². The van der Waals surface area contributed by atoms with E-state index in [9.17, 15) is 5.11 Å². The first kappa shape index (κ1) is 8.88. The van der Waals surface area contributed by atoms with E-state index < -0.39 is 0 Å². The number of hydrogen-bond acceptors (Lipinski definition) is 2. The third-order valence-corrected chi connectivity index (χ3v) is 2.41. The van der Waals surface area contributed by atoms with Crippen LogP contribution in [0.1, 0.15) is 5.56 Å². The molecule has 2 nitrogen and oxygen atoms in total. The van der Waals surface area contributed by atoms with Gasteiger partial charge in [-0.05, 0) is 24.6 Å². The molecule has 0 radical (unpaired) electrons. The molecule has 0 fully saturated rings. The average Bonchev–Trinajstić information content (AvgIpc) is 2.18. The van der Waals surface area contributed by atoms with Gasteiger partial charge in [-0.3, -0.25) is 0 Å². The normalized spacial score (nSPS) is 10.4. The zero-order valence-corrected chi connectivity index (χ0v) is 8.24. The van der Waals surface area contributed by atoms with Gasteiger partial charge in [0.25, 0.3) is 0 Å². The lowest BCUT2D eigenvalue weighted by Crippen LogP contribution is -1.86. The number of rotatable bonds is 1. The highest BCUT2D eigenvalue weighted by atomic mass is 16.5. The smallest absolute Gasteiger partial charge is 0.126 e. The molecule has 0 aliphatic carbocycles. The average molecular weight is 188 g/mol. The quantitative estimate of drug-likeness (QED) is 0.745. The van der Waals surface area contributed by atoms with Crippen LogP contribution in [0, 0.1) is 6.92 Å². The molecular formula is C12H12O2. The van der Waals surface area contributed by atoms with Crippen LogP contribution in [-0.4, -0.2) is 12.2 Å². The fourth-order valence-electron chi connectivity index (χ4n) is 1.72. The first-order valence-corrected chi connectivity index (χ1v) is 4.49. The maximum Gasteiger partial charge on any atom is 0.126 e. The first-order valence-electron chi connectivity index (χ1n) is 4.49. The van der Waals surface area contributed by atoms with Crippen molar-refractivity contribution in [1.82, 2.24) is 0 Å². The van der Waals surface area contributed by atoms with E-state index in [1.54, 1.807) is 19.2 Å². The van der Waals surface area contributed by atoms with Crippen LogP contribution in [0.2, 0.25) is 0 Å². The maximum absolute atomic E-state index is 9.72. The third kappa shape index (κ3) is 1.20. The summed E-state index contributed by atoms with van der Waals surface area (Å²) >= 11 is 0. The van der Waals surface area contributed by atoms with E-state index in [2.05, 4.69) is 0 Å². The molecule has 0 aliphatic heterocycles. The largest absolute Gasteiger partial charge is 0.507 e. The van der Waals surface area contributed by atoms with Gasteiger partial charge in [0.1, 0.15) is 11.5 Å². The second-order valence-electron chi connectivity index (χ2n) is 3.28. The zero-order chi connectivity index (χ0) is 10.1. The van der Waals surface area contributed by atoms with Crippen molar-refractivity contribution < 1.29 is 9.84 Å². The van der Waals surface area contributed by atoms with Crippen LogP contribution in [-0.2, 0) is 0 Å². The fraction of sp³-hybridized carbons (Fsp3) is 0.167. The molecule has 0 heterocycles. The van der Waals surface area contributed by atoms with Crippen molar-refractivity contribution in [2.45, 2.75) is 6.92 Å². The van der Waals surface area contributed by atoms with Gasteiger partial charge in [0, 0.05) is 10.8 Å². The van der Waals surface area contributed by atoms with E-state index in [0.717, 1.165) is 22.1 Å². The van der Waals surface area contributed by atoms with Crippen molar-refractivity contribution >= 4 is 10.8 Å². The molecular weight excluding hydrogens is 176 g/mol. The standard InChI is InChI=1S/C12H12O2/c1-8-4-3-5-9-11(14-2)7-6-10(13)12(8)9/h3-7,13H,1-2H3. The SMILES string of the molecule is COc1ccc(O)c2c(C)cccc12. The van der Waals surface area contributed by atoms with Crippen LogP contribution in [0.5, 0.6) is 11.5 Å². The highest BCUT2D eigenvalue weighted by Crippen LogP contribution is 2.34. The molecule has 0 saturated heterocycles. The van der Waals surface area contributed by atoms with Crippen LogP contribution in [0.3, 0.4) is 0 Å². The van der Waals surface area contributed by atoms with Gasteiger partial charge in [0.15, 0.2) is 0 Å². The number of phenols is 1. The van der Waals surface area contributed by atoms with E-state index >= 15 is 0 Å². The number of hydrogen-bond donors (Lipinski definition) is 1. The number of phenolic OH excluding ortho intramolecular Hbond substituents is 1. The molecule has 0 atom stereocenters. The molecule has 0 unspecified atom stereocenters. The topological polar surface area (TPSA) is 29.5 Å². The molecule has 1 N–H and O–H groups in total. The number of methoxy groups -OCH3 is 1. The summed E-state index contributed by atoms with van der Waals surface area (Å²) in [6, 6.07) is 9.31. The second-order valence-corrected chi connectivity index (χ2v) is 3.28. The summed E-state index contributed by atoms with van der Waals surface area (Å²) in [5.74, 6) is 1.10. The van der Waals surface area contributed by atoms with Crippen molar-refractivity contribution in [2.24, 2.45) is 0 Å². The summed E-state index contributed by atoms with van der Waals surface area (Å²) in [5, 5.41) is 11.5. The van der Waals surface area contributed by atoms with Gasteiger partial charge in [0.05, 0.1) is 7.11 Å². The molecule has 0 spiro atoms. The van der Waals surface area contributed by atoms with Gasteiger partial charge in [-0.25, -0.2) is 0 Å². The molecule has 0 amide bonds. The lowest BCUT2D eigenvalue weighted by Gasteiger charge is -2.08. The Kier molecular flexibility index (Phi) is 2.04. The molecule has 2 heteroatoms. The van der Waals surface area contributed by atoms with Crippen LogP contribution < -0.4 is 4.74 Å². The van der Waals surface area contributed by atoms with Crippen molar-refractivity contribution in [2.75, 3.05) is 7.11 Å². The summed E-state index contributed by atoms with van der Waals surface area (Å²) in [7, 11) is 1.63. The Bertz CT molecular complexity index is 467. The maximum atomic E-state index is 9.72. The van der Waals surface area contributed by atoms with E-state index in [-0.39, 0.29) is 0 Å². The van der Waals surface area contributed by atoms with E-state index in [1.165, 1.54) is 0 Å². The Morgan fingerprint density at radius 3 is 2.64 bits per heavy atom. The minimum absolute atomic E-state index is 0.305. The number of aryl methyl sites for hydroxylation is 1. The fourth-order valence-corrected chi connectivity index (χ4v) is 1.72. The zero-order valence-electron chi connectivity index (χ0n) is 8.24. The lowest BCUT2D eigenvalue weighted by molar-refractivity contribution is 0.418. The molecule has 14 heavy (non-hydrogen) atoms. The van der Waals surface area contributed by atoms with Crippen LogP contribution in [0.4, 0.5) is 0 Å². The van der Waals surface area contributed by atoms with Crippen molar-refractivity contribution in [3.63, 3.8) is 0 Å². The number of fused-ring (bicyclic) bond motifs is 1. The van der Waals surface area contributed by atoms with Crippen LogP contribution in [0.15, 0.2) is 30.3 Å². The van der Waals surface area contributed by atoms with Crippen LogP contribution >= 0.6 is 0 Å². The molecule has 0 bridgehead atoms.